The van der Waals surface area contributed by atoms with Gasteiger partial charge in [-0.25, -0.2) is 4.98 Å². The van der Waals surface area contributed by atoms with E-state index >= 15 is 0 Å². The molecule has 0 unspecified atom stereocenters. The van der Waals surface area contributed by atoms with Crippen LogP contribution in [-0.4, -0.2) is 25.7 Å². The van der Waals surface area contributed by atoms with Gasteiger partial charge in [0.1, 0.15) is 0 Å². The molecule has 140 valence electrons. The van der Waals surface area contributed by atoms with E-state index < -0.39 is 0 Å². The van der Waals surface area contributed by atoms with Crippen LogP contribution in [-0.2, 0) is 7.05 Å². The fourth-order valence-electron chi connectivity index (χ4n) is 3.40. The van der Waals surface area contributed by atoms with Crippen molar-refractivity contribution < 1.29 is 4.79 Å². The molecule has 1 N–H and O–H groups in total. The van der Waals surface area contributed by atoms with Gasteiger partial charge in [-0.3, -0.25) is 14.5 Å². The van der Waals surface area contributed by atoms with Crippen molar-refractivity contribution in [1.29, 1.82) is 0 Å². The Balaban J connectivity index is 1.74. The van der Waals surface area contributed by atoms with Gasteiger partial charge in [-0.2, -0.15) is 5.10 Å². The van der Waals surface area contributed by atoms with Crippen LogP contribution in [0.1, 0.15) is 34.6 Å². The summed E-state index contributed by atoms with van der Waals surface area (Å²) in [7, 11) is 1.88. The number of hydrogen-bond donors (Lipinski definition) is 1. The third-order valence-corrected chi connectivity index (χ3v) is 4.75. The van der Waals surface area contributed by atoms with Gasteiger partial charge in [0.05, 0.1) is 34.2 Å². The zero-order valence-electron chi connectivity index (χ0n) is 16.0. The number of carbonyl (C=O) groups excluding carboxylic acids is 1. The Morgan fingerprint density at radius 1 is 1.11 bits per heavy atom. The van der Waals surface area contributed by atoms with E-state index in [-0.39, 0.29) is 11.9 Å². The molecule has 0 aliphatic heterocycles. The molecule has 1 amide bonds. The van der Waals surface area contributed by atoms with E-state index in [0.717, 1.165) is 27.9 Å². The van der Waals surface area contributed by atoms with Gasteiger partial charge in [-0.05, 0) is 38.1 Å². The second-order valence-electron chi connectivity index (χ2n) is 6.83. The summed E-state index contributed by atoms with van der Waals surface area (Å²) in [5.41, 5.74) is 4.66. The number of nitrogens with zero attached hydrogens (tertiary/aromatic N) is 4. The lowest BCUT2D eigenvalue weighted by molar-refractivity contribution is 0.0941. The summed E-state index contributed by atoms with van der Waals surface area (Å²) in [5, 5.41) is 8.27. The highest BCUT2D eigenvalue weighted by Crippen LogP contribution is 2.25. The summed E-state index contributed by atoms with van der Waals surface area (Å²) in [4.78, 5) is 22.2. The monoisotopic (exact) mass is 371 g/mol. The number of hydrogen-bond acceptors (Lipinski definition) is 4. The molecule has 0 aliphatic rings. The van der Waals surface area contributed by atoms with Gasteiger partial charge in [0.2, 0.25) is 0 Å². The SMILES string of the molecule is Cc1nn(C)cc1[C@@H](C)NC(=O)c1cc(-c2ccccn2)nc2ccccc12. The molecule has 4 aromatic rings. The average molecular weight is 371 g/mol. The maximum Gasteiger partial charge on any atom is 0.252 e. The smallest absolute Gasteiger partial charge is 0.252 e. The number of rotatable bonds is 4. The number of benzene rings is 1. The lowest BCUT2D eigenvalue weighted by Gasteiger charge is -2.15. The van der Waals surface area contributed by atoms with Crippen LogP contribution in [0.4, 0.5) is 0 Å². The van der Waals surface area contributed by atoms with Crippen LogP contribution in [0.3, 0.4) is 0 Å². The van der Waals surface area contributed by atoms with Crippen LogP contribution in [0, 0.1) is 6.92 Å². The van der Waals surface area contributed by atoms with Gasteiger partial charge in [-0.15, -0.1) is 0 Å². The molecule has 0 saturated carbocycles. The zero-order chi connectivity index (χ0) is 19.7. The first-order valence-corrected chi connectivity index (χ1v) is 9.15. The van der Waals surface area contributed by atoms with Crippen LogP contribution in [0.2, 0.25) is 0 Å². The van der Waals surface area contributed by atoms with E-state index in [1.165, 1.54) is 0 Å². The standard InChI is InChI=1S/C22H21N5O/c1-14(18-13-27(3)26-15(18)2)24-22(28)17-12-21(20-10-6-7-11-23-20)25-19-9-5-4-8-16(17)19/h4-14H,1-3H3,(H,24,28)/t14-/m1/s1. The summed E-state index contributed by atoms with van der Waals surface area (Å²) in [6.07, 6.45) is 3.66. The van der Waals surface area contributed by atoms with E-state index in [9.17, 15) is 4.79 Å². The topological polar surface area (TPSA) is 72.7 Å². The summed E-state index contributed by atoms with van der Waals surface area (Å²) in [6, 6.07) is 15.0. The maximum atomic E-state index is 13.2. The predicted molar refractivity (Wildman–Crippen MR) is 109 cm³/mol. The maximum absolute atomic E-state index is 13.2. The van der Waals surface area contributed by atoms with Gasteiger partial charge in [-0.1, -0.05) is 24.3 Å². The Morgan fingerprint density at radius 2 is 1.89 bits per heavy atom. The van der Waals surface area contributed by atoms with Crippen molar-refractivity contribution in [3.63, 3.8) is 0 Å². The minimum atomic E-state index is -0.161. The number of amides is 1. The van der Waals surface area contributed by atoms with Crippen molar-refractivity contribution in [2.24, 2.45) is 7.05 Å². The molecule has 3 aromatic heterocycles. The van der Waals surface area contributed by atoms with E-state index in [0.29, 0.717) is 11.3 Å². The highest BCUT2D eigenvalue weighted by Gasteiger charge is 2.18. The quantitative estimate of drug-likeness (QED) is 0.592. The highest BCUT2D eigenvalue weighted by atomic mass is 16.1. The Hall–Kier alpha value is -3.54. The largest absolute Gasteiger partial charge is 0.345 e. The summed E-state index contributed by atoms with van der Waals surface area (Å²) in [6.45, 7) is 3.91. The summed E-state index contributed by atoms with van der Waals surface area (Å²) < 4.78 is 1.76. The van der Waals surface area contributed by atoms with E-state index in [1.54, 1.807) is 10.9 Å². The number of aromatic nitrogens is 4. The third kappa shape index (κ3) is 3.36. The molecule has 0 aliphatic carbocycles. The zero-order valence-corrected chi connectivity index (χ0v) is 16.0. The van der Waals surface area contributed by atoms with Gasteiger partial charge in [0.15, 0.2) is 0 Å². The highest BCUT2D eigenvalue weighted by molar-refractivity contribution is 6.07. The Morgan fingerprint density at radius 3 is 2.61 bits per heavy atom. The molecular formula is C22H21N5O. The number of carbonyl (C=O) groups is 1. The molecule has 6 heteroatoms. The molecule has 0 bridgehead atoms. The van der Waals surface area contributed by atoms with Crippen LogP contribution in [0.5, 0.6) is 0 Å². The van der Waals surface area contributed by atoms with Crippen LogP contribution < -0.4 is 5.32 Å². The summed E-state index contributed by atoms with van der Waals surface area (Å²) >= 11 is 0. The van der Waals surface area contributed by atoms with Crippen molar-refractivity contribution in [2.45, 2.75) is 19.9 Å². The van der Waals surface area contributed by atoms with Crippen molar-refractivity contribution >= 4 is 16.8 Å². The number of pyridine rings is 2. The van der Waals surface area contributed by atoms with Crippen LogP contribution in [0.25, 0.3) is 22.3 Å². The van der Waals surface area contributed by atoms with Gasteiger partial charge in [0, 0.05) is 30.4 Å². The van der Waals surface area contributed by atoms with Crippen molar-refractivity contribution in [1.82, 2.24) is 25.1 Å². The van der Waals surface area contributed by atoms with Gasteiger partial charge in [0.25, 0.3) is 5.91 Å². The number of aryl methyl sites for hydroxylation is 2. The lowest BCUT2D eigenvalue weighted by atomic mass is 10.0. The summed E-state index contributed by atoms with van der Waals surface area (Å²) in [5.74, 6) is -0.147. The molecule has 0 saturated heterocycles. The number of nitrogens with one attached hydrogen (secondary N) is 1. The van der Waals surface area contributed by atoms with Crippen molar-refractivity contribution in [3.8, 4) is 11.4 Å². The first-order valence-electron chi connectivity index (χ1n) is 9.15. The molecule has 0 spiro atoms. The van der Waals surface area contributed by atoms with Crippen LogP contribution in [0.15, 0.2) is 60.9 Å². The molecular weight excluding hydrogens is 350 g/mol. The molecule has 1 atom stereocenters. The average Bonchev–Trinajstić information content (AvgIpc) is 3.06. The Kier molecular flexibility index (Phi) is 4.61. The van der Waals surface area contributed by atoms with E-state index in [2.05, 4.69) is 20.4 Å². The normalized spacial score (nSPS) is 12.1. The minimum Gasteiger partial charge on any atom is -0.345 e. The van der Waals surface area contributed by atoms with Gasteiger partial charge >= 0.3 is 0 Å². The molecule has 6 nitrogen and oxygen atoms in total. The molecule has 3 heterocycles. The lowest BCUT2D eigenvalue weighted by Crippen LogP contribution is -2.27. The molecule has 4 rings (SSSR count). The molecule has 28 heavy (non-hydrogen) atoms. The number of fused-ring (bicyclic) bond motifs is 1. The van der Waals surface area contributed by atoms with Crippen LogP contribution >= 0.6 is 0 Å². The van der Waals surface area contributed by atoms with Crippen molar-refractivity contribution in [2.75, 3.05) is 0 Å². The Labute approximate surface area is 163 Å². The van der Waals surface area contributed by atoms with E-state index in [4.69, 9.17) is 0 Å². The molecule has 1 aromatic carbocycles. The molecule has 0 radical (unpaired) electrons. The fourth-order valence-corrected chi connectivity index (χ4v) is 3.40. The first-order chi connectivity index (χ1) is 13.5. The van der Waals surface area contributed by atoms with E-state index in [1.807, 2.05) is 75.6 Å². The predicted octanol–water partition coefficient (Wildman–Crippen LogP) is 3.83. The first kappa shape index (κ1) is 17.9. The van der Waals surface area contributed by atoms with Gasteiger partial charge < -0.3 is 5.32 Å². The Bertz CT molecular complexity index is 1150. The van der Waals surface area contributed by atoms with Crippen molar-refractivity contribution in [3.05, 3.63) is 77.7 Å². The third-order valence-electron chi connectivity index (χ3n) is 4.75. The molecule has 0 fully saturated rings. The fraction of sp³-hybridized carbons (Fsp3) is 0.182. The number of para-hydroxylation sites is 1. The second kappa shape index (κ2) is 7.23. The minimum absolute atomic E-state index is 0.147. The second-order valence-corrected chi connectivity index (χ2v) is 6.83.